The van der Waals surface area contributed by atoms with E-state index >= 15 is 0 Å². The fourth-order valence-electron chi connectivity index (χ4n) is 3.03. The van der Waals surface area contributed by atoms with Crippen LogP contribution in [0.1, 0.15) is 38.5 Å². The fourth-order valence-corrected chi connectivity index (χ4v) is 3.03. The molecule has 6 nitrogen and oxygen atoms in total. The number of fused-ring (bicyclic) bond motifs is 1. The Labute approximate surface area is 112 Å². The number of hydrazine groups is 1. The molecule has 2 N–H and O–H groups in total. The summed E-state index contributed by atoms with van der Waals surface area (Å²) in [5.41, 5.74) is 0.621. The second-order valence-corrected chi connectivity index (χ2v) is 5.23. The summed E-state index contributed by atoms with van der Waals surface area (Å²) in [5.74, 6) is 6.59. The summed E-state index contributed by atoms with van der Waals surface area (Å²) in [5, 5.41) is 1.19. The quantitative estimate of drug-likeness (QED) is 0.608. The molecule has 0 aromatic carbocycles. The van der Waals surface area contributed by atoms with E-state index in [1.54, 1.807) is 6.20 Å². The van der Waals surface area contributed by atoms with Crippen molar-refractivity contribution in [2.75, 3.05) is 16.5 Å². The van der Waals surface area contributed by atoms with Gasteiger partial charge in [-0.2, -0.15) is 0 Å². The lowest BCUT2D eigenvalue weighted by Gasteiger charge is -2.34. The van der Waals surface area contributed by atoms with Gasteiger partial charge in [0.2, 0.25) is 5.91 Å². The third kappa shape index (κ3) is 2.28. The van der Waals surface area contributed by atoms with E-state index in [1.807, 2.05) is 0 Å². The van der Waals surface area contributed by atoms with Gasteiger partial charge in [0.1, 0.15) is 12.0 Å². The van der Waals surface area contributed by atoms with Crippen LogP contribution < -0.4 is 15.8 Å². The molecule has 1 amide bonds. The number of aromatic nitrogens is 2. The van der Waals surface area contributed by atoms with Crippen LogP contribution in [0.25, 0.3) is 0 Å². The van der Waals surface area contributed by atoms with Crippen molar-refractivity contribution in [3.63, 3.8) is 0 Å². The van der Waals surface area contributed by atoms with Crippen LogP contribution in [0.4, 0.5) is 11.5 Å². The van der Waals surface area contributed by atoms with Gasteiger partial charge < -0.3 is 4.90 Å². The molecule has 0 saturated heterocycles. The van der Waals surface area contributed by atoms with Gasteiger partial charge in [0.05, 0.1) is 6.20 Å². The molecule has 0 atom stereocenters. The zero-order valence-corrected chi connectivity index (χ0v) is 11.0. The minimum Gasteiger partial charge on any atom is -0.351 e. The first-order valence-electron chi connectivity index (χ1n) is 6.91. The minimum absolute atomic E-state index is 0.0747. The number of nitrogens with zero attached hydrogens (tertiary/aromatic N) is 4. The average Bonchev–Trinajstić information content (AvgIpc) is 2.59. The van der Waals surface area contributed by atoms with Crippen molar-refractivity contribution in [3.8, 4) is 0 Å². The molecule has 0 spiro atoms. The highest BCUT2D eigenvalue weighted by Gasteiger charge is 2.30. The number of nitrogens with two attached hydrogens (primary N) is 1. The monoisotopic (exact) mass is 261 g/mol. The third-order valence-corrected chi connectivity index (χ3v) is 4.05. The second-order valence-electron chi connectivity index (χ2n) is 5.23. The predicted molar refractivity (Wildman–Crippen MR) is 72.5 cm³/mol. The lowest BCUT2D eigenvalue weighted by molar-refractivity contribution is -0.118. The maximum Gasteiger partial charge on any atom is 0.243 e. The molecule has 1 fully saturated rings. The van der Waals surface area contributed by atoms with Crippen LogP contribution in [0.2, 0.25) is 0 Å². The van der Waals surface area contributed by atoms with Crippen molar-refractivity contribution in [1.82, 2.24) is 9.97 Å². The van der Waals surface area contributed by atoms with Crippen LogP contribution >= 0.6 is 0 Å². The van der Waals surface area contributed by atoms with Gasteiger partial charge >= 0.3 is 0 Å². The Balaban J connectivity index is 1.96. The Kier molecular flexibility index (Phi) is 3.33. The highest BCUT2D eigenvalue weighted by Crippen LogP contribution is 2.33. The number of hydrogen-bond acceptors (Lipinski definition) is 5. The Hall–Kier alpha value is -1.69. The highest BCUT2D eigenvalue weighted by atomic mass is 16.2. The molecule has 19 heavy (non-hydrogen) atoms. The number of anilines is 2. The van der Waals surface area contributed by atoms with Crippen LogP contribution in [0, 0.1) is 0 Å². The Morgan fingerprint density at radius 1 is 1.26 bits per heavy atom. The Morgan fingerprint density at radius 2 is 2.05 bits per heavy atom. The predicted octanol–water partition coefficient (Wildman–Crippen LogP) is 1.23. The molecule has 2 heterocycles. The van der Waals surface area contributed by atoms with Crippen LogP contribution in [-0.4, -0.2) is 28.5 Å². The first kappa shape index (κ1) is 12.3. The normalized spacial score (nSPS) is 21.2. The van der Waals surface area contributed by atoms with Gasteiger partial charge in [0, 0.05) is 19.0 Å². The van der Waals surface area contributed by atoms with Crippen LogP contribution in [0.5, 0.6) is 0 Å². The summed E-state index contributed by atoms with van der Waals surface area (Å²) >= 11 is 0. The van der Waals surface area contributed by atoms with Crippen LogP contribution in [-0.2, 0) is 4.79 Å². The minimum atomic E-state index is -0.0747. The van der Waals surface area contributed by atoms with E-state index in [9.17, 15) is 4.79 Å². The molecule has 0 bridgehead atoms. The number of carbonyl (C=O) groups is 1. The Bertz CT molecular complexity index is 472. The zero-order valence-electron chi connectivity index (χ0n) is 11.0. The molecule has 0 unspecified atom stereocenters. The van der Waals surface area contributed by atoms with Crippen molar-refractivity contribution >= 4 is 17.4 Å². The zero-order chi connectivity index (χ0) is 13.2. The molecule has 0 radical (unpaired) electrons. The van der Waals surface area contributed by atoms with Crippen LogP contribution in [0.15, 0.2) is 12.5 Å². The molecule has 1 aromatic rings. The molecule has 3 rings (SSSR count). The van der Waals surface area contributed by atoms with E-state index in [0.717, 1.165) is 5.82 Å². The van der Waals surface area contributed by atoms with Crippen molar-refractivity contribution in [1.29, 1.82) is 0 Å². The van der Waals surface area contributed by atoms with E-state index in [-0.39, 0.29) is 5.91 Å². The van der Waals surface area contributed by atoms with E-state index < -0.39 is 0 Å². The van der Waals surface area contributed by atoms with Gasteiger partial charge in [-0.3, -0.25) is 4.79 Å². The summed E-state index contributed by atoms with van der Waals surface area (Å²) in [4.78, 5) is 22.5. The van der Waals surface area contributed by atoms with Gasteiger partial charge in [0.25, 0.3) is 0 Å². The maximum atomic E-state index is 11.9. The standard InChI is InChI=1S/C13H19N5O/c14-18-11-8-15-9-16-13(11)17(7-6-12(18)19)10-4-2-1-3-5-10/h8-10H,1-7,14H2. The molecule has 102 valence electrons. The largest absolute Gasteiger partial charge is 0.351 e. The molecular formula is C13H19N5O. The summed E-state index contributed by atoms with van der Waals surface area (Å²) < 4.78 is 0. The van der Waals surface area contributed by atoms with Crippen molar-refractivity contribution in [2.45, 2.75) is 44.6 Å². The van der Waals surface area contributed by atoms with Gasteiger partial charge in [-0.1, -0.05) is 19.3 Å². The third-order valence-electron chi connectivity index (χ3n) is 4.05. The van der Waals surface area contributed by atoms with E-state index in [2.05, 4.69) is 14.9 Å². The van der Waals surface area contributed by atoms with Gasteiger partial charge in [-0.25, -0.2) is 20.8 Å². The van der Waals surface area contributed by atoms with Gasteiger partial charge in [-0.15, -0.1) is 0 Å². The number of carbonyl (C=O) groups excluding carboxylic acids is 1. The van der Waals surface area contributed by atoms with Crippen LogP contribution in [0.3, 0.4) is 0 Å². The molecule has 1 saturated carbocycles. The van der Waals surface area contributed by atoms with E-state index in [0.29, 0.717) is 24.7 Å². The van der Waals surface area contributed by atoms with Gasteiger partial charge in [0.15, 0.2) is 5.82 Å². The SMILES string of the molecule is NN1C(=O)CCN(C2CCCCC2)c2ncncc21. The molecule has 1 aliphatic carbocycles. The summed E-state index contributed by atoms with van der Waals surface area (Å²) in [6.45, 7) is 0.696. The van der Waals surface area contributed by atoms with Gasteiger partial charge in [-0.05, 0) is 12.8 Å². The number of rotatable bonds is 1. The molecule has 2 aliphatic rings. The number of amides is 1. The molecular weight excluding hydrogens is 242 g/mol. The lowest BCUT2D eigenvalue weighted by atomic mass is 9.94. The van der Waals surface area contributed by atoms with Crippen molar-refractivity contribution in [2.24, 2.45) is 5.84 Å². The maximum absolute atomic E-state index is 11.9. The summed E-state index contributed by atoms with van der Waals surface area (Å²) in [6.07, 6.45) is 9.74. The number of hydrogen-bond donors (Lipinski definition) is 1. The smallest absolute Gasteiger partial charge is 0.243 e. The summed E-state index contributed by atoms with van der Waals surface area (Å²) in [6, 6.07) is 0.474. The lowest BCUT2D eigenvalue weighted by Crippen LogP contribution is -2.38. The first-order valence-corrected chi connectivity index (χ1v) is 6.91. The van der Waals surface area contributed by atoms with E-state index in [1.165, 1.54) is 43.4 Å². The molecule has 1 aliphatic heterocycles. The average molecular weight is 261 g/mol. The fraction of sp³-hybridized carbons (Fsp3) is 0.615. The summed E-state index contributed by atoms with van der Waals surface area (Å²) in [7, 11) is 0. The molecule has 6 heteroatoms. The molecule has 1 aromatic heterocycles. The highest BCUT2D eigenvalue weighted by molar-refractivity contribution is 5.96. The first-order chi connectivity index (χ1) is 9.27. The topological polar surface area (TPSA) is 75.3 Å². The van der Waals surface area contributed by atoms with Crippen molar-refractivity contribution in [3.05, 3.63) is 12.5 Å². The van der Waals surface area contributed by atoms with E-state index in [4.69, 9.17) is 5.84 Å². The van der Waals surface area contributed by atoms with Crippen molar-refractivity contribution < 1.29 is 4.79 Å². The second kappa shape index (κ2) is 5.13. The Morgan fingerprint density at radius 3 is 2.84 bits per heavy atom.